The van der Waals surface area contributed by atoms with E-state index >= 15 is 0 Å². The van der Waals surface area contributed by atoms with Crippen LogP contribution in [0.15, 0.2) is 24.3 Å². The number of hydrogen-bond donors (Lipinski definition) is 3. The maximum absolute atomic E-state index is 12.1. The average molecular weight is 334 g/mol. The first-order chi connectivity index (χ1) is 11.3. The molecule has 0 saturated carbocycles. The molecule has 3 N–H and O–H groups in total. The molecule has 134 valence electrons. The van der Waals surface area contributed by atoms with Gasteiger partial charge in [-0.15, -0.1) is 0 Å². The highest BCUT2D eigenvalue weighted by Gasteiger charge is 2.20. The van der Waals surface area contributed by atoms with Crippen LogP contribution < -0.4 is 10.6 Å². The minimum atomic E-state index is -0.861. The van der Waals surface area contributed by atoms with E-state index in [1.165, 1.54) is 5.56 Å². The predicted octanol–water partition coefficient (Wildman–Crippen LogP) is 3.76. The van der Waals surface area contributed by atoms with Crippen molar-refractivity contribution in [3.05, 3.63) is 29.8 Å². The average Bonchev–Trinajstić information content (AvgIpc) is 2.51. The molecule has 1 amide bonds. The van der Waals surface area contributed by atoms with Gasteiger partial charge in [0.2, 0.25) is 5.91 Å². The van der Waals surface area contributed by atoms with Gasteiger partial charge in [0.25, 0.3) is 0 Å². The highest BCUT2D eigenvalue weighted by molar-refractivity contribution is 5.91. The third-order valence-electron chi connectivity index (χ3n) is 3.98. The van der Waals surface area contributed by atoms with E-state index in [1.54, 1.807) is 0 Å². The lowest BCUT2D eigenvalue weighted by Gasteiger charge is -2.20. The highest BCUT2D eigenvalue weighted by Crippen LogP contribution is 2.17. The number of unbranched alkanes of at least 4 members (excludes halogenated alkanes) is 1. The van der Waals surface area contributed by atoms with Crippen molar-refractivity contribution in [2.75, 3.05) is 5.32 Å². The predicted molar refractivity (Wildman–Crippen MR) is 97.3 cm³/mol. The summed E-state index contributed by atoms with van der Waals surface area (Å²) in [6.45, 7) is 8.11. The lowest BCUT2D eigenvalue weighted by atomic mass is 10.0. The second-order valence-corrected chi connectivity index (χ2v) is 6.63. The number of carbonyl (C=O) groups is 2. The standard InChI is InChI=1S/C19H30N2O3/c1-5-6-7-17(19(23)24)20-14(4)12-18(22)21-16-10-8-15(9-11-16)13(2)3/h8-11,13-14,17,20H,5-7,12H2,1-4H3,(H,21,22)(H,23,24)/t14?,17-/m0/s1. The molecule has 1 aromatic carbocycles. The molecule has 2 atom stereocenters. The molecule has 1 unspecified atom stereocenters. The van der Waals surface area contributed by atoms with Crippen molar-refractivity contribution in [3.63, 3.8) is 0 Å². The van der Waals surface area contributed by atoms with Gasteiger partial charge in [0.05, 0.1) is 0 Å². The lowest BCUT2D eigenvalue weighted by molar-refractivity contribution is -0.140. The Hall–Kier alpha value is -1.88. The Labute approximate surface area is 144 Å². The zero-order valence-corrected chi connectivity index (χ0v) is 15.1. The van der Waals surface area contributed by atoms with E-state index in [1.807, 2.05) is 38.1 Å². The molecular weight excluding hydrogens is 304 g/mol. The van der Waals surface area contributed by atoms with Crippen LogP contribution in [-0.4, -0.2) is 29.1 Å². The fraction of sp³-hybridized carbons (Fsp3) is 0.579. The number of nitrogens with one attached hydrogen (secondary N) is 2. The number of amides is 1. The molecule has 0 aliphatic rings. The second-order valence-electron chi connectivity index (χ2n) is 6.63. The molecule has 24 heavy (non-hydrogen) atoms. The van der Waals surface area contributed by atoms with Crippen LogP contribution in [0.25, 0.3) is 0 Å². The minimum Gasteiger partial charge on any atom is -0.480 e. The molecule has 0 aliphatic heterocycles. The van der Waals surface area contributed by atoms with Gasteiger partial charge >= 0.3 is 5.97 Å². The zero-order chi connectivity index (χ0) is 18.1. The normalized spacial score (nSPS) is 13.5. The van der Waals surface area contributed by atoms with Gasteiger partial charge in [0.1, 0.15) is 6.04 Å². The van der Waals surface area contributed by atoms with E-state index in [-0.39, 0.29) is 18.4 Å². The molecule has 0 saturated heterocycles. The van der Waals surface area contributed by atoms with Crippen LogP contribution >= 0.6 is 0 Å². The summed E-state index contributed by atoms with van der Waals surface area (Å²) in [5, 5.41) is 15.1. The van der Waals surface area contributed by atoms with Crippen molar-refractivity contribution in [2.24, 2.45) is 0 Å². The number of carboxylic acid groups (broad SMARTS) is 1. The number of aliphatic carboxylic acids is 1. The molecule has 0 aromatic heterocycles. The maximum atomic E-state index is 12.1. The van der Waals surface area contributed by atoms with Gasteiger partial charge in [0.15, 0.2) is 0 Å². The van der Waals surface area contributed by atoms with E-state index in [4.69, 9.17) is 0 Å². The molecule has 0 aliphatic carbocycles. The van der Waals surface area contributed by atoms with E-state index in [9.17, 15) is 14.7 Å². The van der Waals surface area contributed by atoms with Gasteiger partial charge in [-0.25, -0.2) is 0 Å². The van der Waals surface area contributed by atoms with Crippen LogP contribution in [0.2, 0.25) is 0 Å². The Bertz CT molecular complexity index is 526. The summed E-state index contributed by atoms with van der Waals surface area (Å²) in [6.07, 6.45) is 2.62. The smallest absolute Gasteiger partial charge is 0.320 e. The number of carboxylic acids is 1. The van der Waals surface area contributed by atoms with Crippen molar-refractivity contribution >= 4 is 17.6 Å². The Balaban J connectivity index is 2.49. The summed E-state index contributed by atoms with van der Waals surface area (Å²) in [6, 6.07) is 7.01. The molecule has 5 heteroatoms. The monoisotopic (exact) mass is 334 g/mol. The van der Waals surface area contributed by atoms with Gasteiger partial charge in [-0.05, 0) is 37.0 Å². The number of anilines is 1. The quantitative estimate of drug-likeness (QED) is 0.609. The van der Waals surface area contributed by atoms with Gasteiger partial charge < -0.3 is 15.7 Å². The molecule has 0 heterocycles. The Morgan fingerprint density at radius 1 is 1.12 bits per heavy atom. The minimum absolute atomic E-state index is 0.119. The number of benzene rings is 1. The fourth-order valence-corrected chi connectivity index (χ4v) is 2.53. The van der Waals surface area contributed by atoms with Crippen molar-refractivity contribution < 1.29 is 14.7 Å². The molecule has 0 radical (unpaired) electrons. The summed E-state index contributed by atoms with van der Waals surface area (Å²) < 4.78 is 0. The number of hydrogen-bond acceptors (Lipinski definition) is 3. The molecule has 1 aromatic rings. The van der Waals surface area contributed by atoms with Crippen LogP contribution in [0, 0.1) is 0 Å². The van der Waals surface area contributed by atoms with Crippen LogP contribution in [0.3, 0.4) is 0 Å². The van der Waals surface area contributed by atoms with Crippen LogP contribution in [0.4, 0.5) is 5.69 Å². The van der Waals surface area contributed by atoms with Crippen LogP contribution in [0.5, 0.6) is 0 Å². The molecule has 0 bridgehead atoms. The third kappa shape index (κ3) is 7.13. The van der Waals surface area contributed by atoms with Crippen molar-refractivity contribution in [2.45, 2.75) is 71.4 Å². The van der Waals surface area contributed by atoms with E-state index in [0.29, 0.717) is 12.3 Å². The Kier molecular flexibility index (Phi) is 8.47. The SMILES string of the molecule is CCCC[C@H](NC(C)CC(=O)Nc1ccc(C(C)C)cc1)C(=O)O. The second kappa shape index (κ2) is 10.1. The van der Waals surface area contributed by atoms with Crippen LogP contribution in [-0.2, 0) is 9.59 Å². The summed E-state index contributed by atoms with van der Waals surface area (Å²) in [5.74, 6) is -0.526. The van der Waals surface area contributed by atoms with Gasteiger partial charge in [-0.2, -0.15) is 0 Å². The topological polar surface area (TPSA) is 78.4 Å². The largest absolute Gasteiger partial charge is 0.480 e. The molecule has 5 nitrogen and oxygen atoms in total. The summed E-state index contributed by atoms with van der Waals surface area (Å²) in [4.78, 5) is 23.3. The van der Waals surface area contributed by atoms with Crippen molar-refractivity contribution in [3.8, 4) is 0 Å². The van der Waals surface area contributed by atoms with Gasteiger partial charge in [-0.3, -0.25) is 9.59 Å². The number of rotatable bonds is 10. The van der Waals surface area contributed by atoms with E-state index in [2.05, 4.69) is 24.5 Å². The summed E-state index contributed by atoms with van der Waals surface area (Å²) in [5.41, 5.74) is 1.99. The Morgan fingerprint density at radius 3 is 2.25 bits per heavy atom. The van der Waals surface area contributed by atoms with E-state index in [0.717, 1.165) is 18.5 Å². The summed E-state index contributed by atoms with van der Waals surface area (Å²) in [7, 11) is 0. The first-order valence-electron chi connectivity index (χ1n) is 8.72. The number of carbonyl (C=O) groups excluding carboxylic acids is 1. The first-order valence-corrected chi connectivity index (χ1v) is 8.72. The molecule has 1 rings (SSSR count). The van der Waals surface area contributed by atoms with E-state index < -0.39 is 12.0 Å². The highest BCUT2D eigenvalue weighted by atomic mass is 16.4. The van der Waals surface area contributed by atoms with Crippen molar-refractivity contribution in [1.29, 1.82) is 0 Å². The molecule has 0 spiro atoms. The molecular formula is C19H30N2O3. The zero-order valence-electron chi connectivity index (χ0n) is 15.1. The van der Waals surface area contributed by atoms with Gasteiger partial charge in [0, 0.05) is 18.2 Å². The Morgan fingerprint density at radius 2 is 1.75 bits per heavy atom. The summed E-state index contributed by atoms with van der Waals surface area (Å²) >= 11 is 0. The first kappa shape index (κ1) is 20.2. The fourth-order valence-electron chi connectivity index (χ4n) is 2.53. The van der Waals surface area contributed by atoms with Crippen LogP contribution in [0.1, 0.15) is 64.9 Å². The van der Waals surface area contributed by atoms with Gasteiger partial charge in [-0.1, -0.05) is 45.7 Å². The lowest BCUT2D eigenvalue weighted by Crippen LogP contribution is -2.43. The maximum Gasteiger partial charge on any atom is 0.320 e. The van der Waals surface area contributed by atoms with Crippen molar-refractivity contribution in [1.82, 2.24) is 5.32 Å². The molecule has 0 fully saturated rings. The third-order valence-corrected chi connectivity index (χ3v) is 3.98.